The zero-order chi connectivity index (χ0) is 15.8. The van der Waals surface area contributed by atoms with Crippen LogP contribution in [0.25, 0.3) is 0 Å². The van der Waals surface area contributed by atoms with Crippen molar-refractivity contribution in [3.63, 3.8) is 0 Å². The van der Waals surface area contributed by atoms with Crippen molar-refractivity contribution in [1.29, 1.82) is 0 Å². The molecule has 0 spiro atoms. The van der Waals surface area contributed by atoms with Crippen LogP contribution in [0.1, 0.15) is 38.5 Å². The summed E-state index contributed by atoms with van der Waals surface area (Å²) in [5, 5.41) is 0. The van der Waals surface area contributed by atoms with E-state index in [0.29, 0.717) is 44.4 Å². The van der Waals surface area contributed by atoms with Gasteiger partial charge in [-0.1, -0.05) is 12.8 Å². The highest BCUT2D eigenvalue weighted by Gasteiger charge is 2.46. The number of amides is 1. The number of likely N-dealkylation sites (tertiary alicyclic amines) is 2. The lowest BCUT2D eigenvalue weighted by Crippen LogP contribution is -2.49. The van der Waals surface area contributed by atoms with Gasteiger partial charge in [0.1, 0.15) is 6.17 Å². The van der Waals surface area contributed by atoms with Gasteiger partial charge in [0.25, 0.3) is 0 Å². The summed E-state index contributed by atoms with van der Waals surface area (Å²) in [4.78, 5) is 17.5. The molecule has 4 nitrogen and oxygen atoms in total. The van der Waals surface area contributed by atoms with Crippen LogP contribution in [0.4, 0.5) is 4.39 Å². The van der Waals surface area contributed by atoms with E-state index in [2.05, 4.69) is 4.90 Å². The van der Waals surface area contributed by atoms with Crippen molar-refractivity contribution in [2.75, 3.05) is 39.4 Å². The van der Waals surface area contributed by atoms with E-state index < -0.39 is 6.17 Å². The zero-order valence-electron chi connectivity index (χ0n) is 14.0. The molecule has 1 amide bonds. The molecule has 3 saturated heterocycles. The lowest BCUT2D eigenvalue weighted by Gasteiger charge is -2.37. The fourth-order valence-corrected chi connectivity index (χ4v) is 5.16. The van der Waals surface area contributed by atoms with Crippen LogP contribution < -0.4 is 0 Å². The molecule has 0 aromatic carbocycles. The van der Waals surface area contributed by atoms with E-state index >= 15 is 0 Å². The Labute approximate surface area is 138 Å². The summed E-state index contributed by atoms with van der Waals surface area (Å²) in [5.41, 5.74) is 0. The standard InChI is InChI=1S/C18H29FN2O2/c19-14-5-7-20(8-6-14)18(22)17-12-23-11-13-9-21(10-16(13)17)15-3-1-2-4-15/h13-17H,1-12H2/t13-,16-,17-/m1/s1. The topological polar surface area (TPSA) is 32.8 Å². The predicted octanol–water partition coefficient (Wildman–Crippen LogP) is 2.08. The molecule has 23 heavy (non-hydrogen) atoms. The maximum absolute atomic E-state index is 13.3. The maximum atomic E-state index is 13.3. The molecule has 1 aliphatic carbocycles. The minimum atomic E-state index is -0.723. The Bertz CT molecular complexity index is 433. The van der Waals surface area contributed by atoms with E-state index in [1.165, 1.54) is 25.7 Å². The molecule has 4 aliphatic rings. The highest BCUT2D eigenvalue weighted by atomic mass is 19.1. The van der Waals surface area contributed by atoms with Gasteiger partial charge in [-0.25, -0.2) is 4.39 Å². The quantitative estimate of drug-likeness (QED) is 0.780. The van der Waals surface area contributed by atoms with Gasteiger partial charge in [0, 0.05) is 32.2 Å². The normalized spacial score (nSPS) is 37.3. The Morgan fingerprint density at radius 1 is 1.00 bits per heavy atom. The molecule has 0 bridgehead atoms. The first kappa shape index (κ1) is 15.8. The largest absolute Gasteiger partial charge is 0.380 e. The molecule has 3 heterocycles. The molecule has 0 N–H and O–H groups in total. The van der Waals surface area contributed by atoms with Crippen molar-refractivity contribution < 1.29 is 13.9 Å². The van der Waals surface area contributed by atoms with Gasteiger partial charge in [-0.3, -0.25) is 9.69 Å². The lowest BCUT2D eigenvalue weighted by atomic mass is 9.81. The molecule has 5 heteroatoms. The number of fused-ring (bicyclic) bond motifs is 1. The van der Waals surface area contributed by atoms with Crippen LogP contribution >= 0.6 is 0 Å². The molecule has 130 valence electrons. The van der Waals surface area contributed by atoms with Crippen molar-refractivity contribution >= 4 is 5.91 Å². The second-order valence-electron chi connectivity index (χ2n) is 7.96. The van der Waals surface area contributed by atoms with Gasteiger partial charge in [-0.05, 0) is 37.5 Å². The van der Waals surface area contributed by atoms with Gasteiger partial charge in [-0.2, -0.15) is 0 Å². The third-order valence-electron chi connectivity index (χ3n) is 6.56. The Hall–Kier alpha value is -0.680. The molecule has 3 atom stereocenters. The fraction of sp³-hybridized carbons (Fsp3) is 0.944. The maximum Gasteiger partial charge on any atom is 0.228 e. The van der Waals surface area contributed by atoms with Gasteiger partial charge in [-0.15, -0.1) is 0 Å². The number of hydrogen-bond donors (Lipinski definition) is 0. The third kappa shape index (κ3) is 3.14. The monoisotopic (exact) mass is 324 g/mol. The number of carbonyl (C=O) groups excluding carboxylic acids is 1. The van der Waals surface area contributed by atoms with E-state index in [9.17, 15) is 9.18 Å². The summed E-state index contributed by atoms with van der Waals surface area (Å²) >= 11 is 0. The van der Waals surface area contributed by atoms with Gasteiger partial charge in [0.2, 0.25) is 5.91 Å². The Kier molecular flexibility index (Phi) is 4.59. The van der Waals surface area contributed by atoms with E-state index in [1.807, 2.05) is 4.90 Å². The van der Waals surface area contributed by atoms with E-state index in [-0.39, 0.29) is 11.8 Å². The SMILES string of the molecule is O=C([C@@H]1COC[C@H]2CN(C3CCCC3)C[C@H]21)N1CCC(F)CC1. The second-order valence-corrected chi connectivity index (χ2v) is 7.96. The molecular weight excluding hydrogens is 295 g/mol. The number of carbonyl (C=O) groups is 1. The average Bonchev–Trinajstić information content (AvgIpc) is 3.23. The first-order valence-corrected chi connectivity index (χ1v) is 9.47. The Morgan fingerprint density at radius 3 is 2.48 bits per heavy atom. The predicted molar refractivity (Wildman–Crippen MR) is 85.8 cm³/mol. The molecule has 4 rings (SSSR count). The third-order valence-corrected chi connectivity index (χ3v) is 6.56. The number of ether oxygens (including phenoxy) is 1. The van der Waals surface area contributed by atoms with Crippen LogP contribution in [0, 0.1) is 17.8 Å². The summed E-state index contributed by atoms with van der Waals surface area (Å²) in [6, 6.07) is 0.735. The first-order valence-electron chi connectivity index (χ1n) is 9.47. The van der Waals surface area contributed by atoms with Crippen LogP contribution in [0.2, 0.25) is 0 Å². The summed E-state index contributed by atoms with van der Waals surface area (Å²) in [5.74, 6) is 1.17. The smallest absolute Gasteiger partial charge is 0.228 e. The number of piperidine rings is 1. The number of alkyl halides is 1. The summed E-state index contributed by atoms with van der Waals surface area (Å²) in [6.45, 7) is 4.71. The molecule has 0 radical (unpaired) electrons. The van der Waals surface area contributed by atoms with Crippen molar-refractivity contribution in [3.8, 4) is 0 Å². The van der Waals surface area contributed by atoms with Crippen LogP contribution in [0.15, 0.2) is 0 Å². The van der Waals surface area contributed by atoms with Crippen LogP contribution in [0.5, 0.6) is 0 Å². The van der Waals surface area contributed by atoms with Crippen molar-refractivity contribution in [1.82, 2.24) is 9.80 Å². The van der Waals surface area contributed by atoms with Crippen molar-refractivity contribution in [2.45, 2.75) is 50.7 Å². The first-order chi connectivity index (χ1) is 11.2. The van der Waals surface area contributed by atoms with Crippen LogP contribution in [0.3, 0.4) is 0 Å². The van der Waals surface area contributed by atoms with Gasteiger partial charge in [0.15, 0.2) is 0 Å². The van der Waals surface area contributed by atoms with E-state index in [1.54, 1.807) is 0 Å². The summed E-state index contributed by atoms with van der Waals surface area (Å²) in [6.07, 6.45) is 5.63. The molecular formula is C18H29FN2O2. The van der Waals surface area contributed by atoms with Crippen molar-refractivity contribution in [3.05, 3.63) is 0 Å². The molecule has 1 saturated carbocycles. The van der Waals surface area contributed by atoms with Gasteiger partial charge >= 0.3 is 0 Å². The fourth-order valence-electron chi connectivity index (χ4n) is 5.16. The number of halogens is 1. The van der Waals surface area contributed by atoms with Crippen LogP contribution in [-0.4, -0.2) is 67.3 Å². The van der Waals surface area contributed by atoms with Gasteiger partial charge < -0.3 is 9.64 Å². The van der Waals surface area contributed by atoms with E-state index in [0.717, 1.165) is 25.7 Å². The van der Waals surface area contributed by atoms with Crippen molar-refractivity contribution in [2.24, 2.45) is 17.8 Å². The second kappa shape index (κ2) is 6.67. The lowest BCUT2D eigenvalue weighted by molar-refractivity contribution is -0.145. The summed E-state index contributed by atoms with van der Waals surface area (Å²) in [7, 11) is 0. The van der Waals surface area contributed by atoms with E-state index in [4.69, 9.17) is 4.74 Å². The van der Waals surface area contributed by atoms with Crippen LogP contribution in [-0.2, 0) is 9.53 Å². The summed E-state index contributed by atoms with van der Waals surface area (Å²) < 4.78 is 19.1. The molecule has 0 unspecified atom stereocenters. The minimum Gasteiger partial charge on any atom is -0.380 e. The molecule has 4 fully saturated rings. The highest BCUT2D eigenvalue weighted by molar-refractivity contribution is 5.79. The molecule has 0 aromatic rings. The minimum absolute atomic E-state index is 0.00341. The molecule has 3 aliphatic heterocycles. The zero-order valence-corrected chi connectivity index (χ0v) is 14.0. The van der Waals surface area contributed by atoms with Gasteiger partial charge in [0.05, 0.1) is 19.1 Å². The number of rotatable bonds is 2. The number of nitrogens with zero attached hydrogens (tertiary/aromatic N) is 2. The molecule has 0 aromatic heterocycles. The Morgan fingerprint density at radius 2 is 1.74 bits per heavy atom. The number of hydrogen-bond acceptors (Lipinski definition) is 3. The average molecular weight is 324 g/mol. The highest BCUT2D eigenvalue weighted by Crippen LogP contribution is 2.38. The Balaban J connectivity index is 1.41.